The third-order valence-electron chi connectivity index (χ3n) is 6.24. The quantitative estimate of drug-likeness (QED) is 0.523. The Bertz CT molecular complexity index is 1340. The normalized spacial score (nSPS) is 18.2. The molecular weight excluding hydrogens is 444 g/mol. The molecule has 0 spiro atoms. The molecule has 1 heterocycles. The molecule has 1 aliphatic carbocycles. The summed E-state index contributed by atoms with van der Waals surface area (Å²) in [6.07, 6.45) is 0.891. The molecule has 0 saturated heterocycles. The van der Waals surface area contributed by atoms with Crippen LogP contribution in [0.5, 0.6) is 0 Å². The average Bonchev–Trinajstić information content (AvgIpc) is 3.60. The molecule has 4 amide bonds. The second-order valence-corrected chi connectivity index (χ2v) is 8.88. The Balaban J connectivity index is 1.26. The highest BCUT2D eigenvalue weighted by atomic mass is 16.2. The van der Waals surface area contributed by atoms with E-state index in [0.717, 1.165) is 6.42 Å². The van der Waals surface area contributed by atoms with Crippen LogP contribution in [0.1, 0.15) is 34.1 Å². The van der Waals surface area contributed by atoms with Crippen molar-refractivity contribution < 1.29 is 19.2 Å². The fourth-order valence-corrected chi connectivity index (χ4v) is 4.13. The highest BCUT2D eigenvalue weighted by Gasteiger charge is 2.39. The van der Waals surface area contributed by atoms with Gasteiger partial charge in [0, 0.05) is 28.4 Å². The van der Waals surface area contributed by atoms with Crippen LogP contribution in [0.3, 0.4) is 0 Å². The van der Waals surface area contributed by atoms with Gasteiger partial charge in [0.25, 0.3) is 11.8 Å². The number of benzene rings is 3. The molecule has 1 fully saturated rings. The maximum absolute atomic E-state index is 13.1. The lowest BCUT2D eigenvalue weighted by Gasteiger charge is -2.29. The van der Waals surface area contributed by atoms with Gasteiger partial charge in [-0.3, -0.25) is 24.1 Å². The Labute approximate surface area is 202 Å². The molecule has 2 aliphatic rings. The Kier molecular flexibility index (Phi) is 5.78. The van der Waals surface area contributed by atoms with Gasteiger partial charge in [-0.2, -0.15) is 0 Å². The van der Waals surface area contributed by atoms with Gasteiger partial charge in [0.05, 0.1) is 11.4 Å². The first-order chi connectivity index (χ1) is 16.9. The molecule has 8 heteroatoms. The van der Waals surface area contributed by atoms with E-state index in [4.69, 9.17) is 0 Å². The molecule has 8 nitrogen and oxygen atoms in total. The molecule has 0 aromatic heterocycles. The number of para-hydroxylation sites is 2. The molecule has 176 valence electrons. The first-order valence-electron chi connectivity index (χ1n) is 11.4. The SMILES string of the molecule is CC1CC1C(=O)Nc1cccc(C(=O)Nc2ccc(C(=O)N3CC(=O)Nc4ccccc43)cc2)c1. The molecule has 35 heavy (non-hydrogen) atoms. The highest BCUT2D eigenvalue weighted by Crippen LogP contribution is 2.38. The zero-order valence-electron chi connectivity index (χ0n) is 19.1. The lowest BCUT2D eigenvalue weighted by atomic mass is 10.1. The van der Waals surface area contributed by atoms with E-state index in [1.807, 2.05) is 13.0 Å². The van der Waals surface area contributed by atoms with Gasteiger partial charge in [0.1, 0.15) is 6.54 Å². The number of amides is 4. The zero-order chi connectivity index (χ0) is 24.5. The van der Waals surface area contributed by atoms with Crippen LogP contribution in [-0.2, 0) is 9.59 Å². The van der Waals surface area contributed by atoms with Crippen LogP contribution in [0.15, 0.2) is 72.8 Å². The van der Waals surface area contributed by atoms with Crippen molar-refractivity contribution in [3.05, 3.63) is 83.9 Å². The summed E-state index contributed by atoms with van der Waals surface area (Å²) in [5.41, 5.74) is 3.12. The van der Waals surface area contributed by atoms with E-state index in [1.165, 1.54) is 4.90 Å². The summed E-state index contributed by atoms with van der Waals surface area (Å²) in [7, 11) is 0. The summed E-state index contributed by atoms with van der Waals surface area (Å²) < 4.78 is 0. The zero-order valence-corrected chi connectivity index (χ0v) is 19.1. The maximum atomic E-state index is 13.1. The molecule has 0 radical (unpaired) electrons. The molecule has 1 saturated carbocycles. The van der Waals surface area contributed by atoms with Gasteiger partial charge in [-0.25, -0.2) is 0 Å². The first kappa shape index (κ1) is 22.3. The summed E-state index contributed by atoms with van der Waals surface area (Å²) in [6.45, 7) is 1.97. The third-order valence-corrected chi connectivity index (χ3v) is 6.24. The Morgan fingerprint density at radius 2 is 1.63 bits per heavy atom. The van der Waals surface area contributed by atoms with Crippen LogP contribution >= 0.6 is 0 Å². The molecule has 3 N–H and O–H groups in total. The van der Waals surface area contributed by atoms with Gasteiger partial charge in [-0.15, -0.1) is 0 Å². The second-order valence-electron chi connectivity index (χ2n) is 8.88. The Hall–Kier alpha value is -4.46. The molecule has 2 atom stereocenters. The number of hydrogen-bond acceptors (Lipinski definition) is 4. The fourth-order valence-electron chi connectivity index (χ4n) is 4.13. The summed E-state index contributed by atoms with van der Waals surface area (Å²) in [5.74, 6) is -0.477. The van der Waals surface area contributed by atoms with Crippen molar-refractivity contribution in [2.75, 3.05) is 27.4 Å². The van der Waals surface area contributed by atoms with Crippen LogP contribution in [0.4, 0.5) is 22.7 Å². The van der Waals surface area contributed by atoms with Crippen molar-refractivity contribution in [1.82, 2.24) is 0 Å². The third kappa shape index (κ3) is 4.77. The number of carbonyl (C=O) groups excluding carboxylic acids is 4. The fraction of sp³-hybridized carbons (Fsp3) is 0.185. The average molecular weight is 469 g/mol. The summed E-state index contributed by atoms with van der Waals surface area (Å²) in [6, 6.07) is 20.4. The van der Waals surface area contributed by atoms with Crippen molar-refractivity contribution in [1.29, 1.82) is 0 Å². The van der Waals surface area contributed by atoms with E-state index in [2.05, 4.69) is 16.0 Å². The molecule has 2 unspecified atom stereocenters. The number of nitrogens with zero attached hydrogens (tertiary/aromatic N) is 1. The number of hydrogen-bond donors (Lipinski definition) is 3. The van der Waals surface area contributed by atoms with Gasteiger partial charge in [-0.05, 0) is 66.9 Å². The van der Waals surface area contributed by atoms with Gasteiger partial charge < -0.3 is 16.0 Å². The van der Waals surface area contributed by atoms with Crippen LogP contribution in [-0.4, -0.2) is 30.2 Å². The lowest BCUT2D eigenvalue weighted by molar-refractivity contribution is -0.117. The summed E-state index contributed by atoms with van der Waals surface area (Å²) in [5, 5.41) is 8.44. The van der Waals surface area contributed by atoms with Crippen molar-refractivity contribution in [2.24, 2.45) is 11.8 Å². The largest absolute Gasteiger partial charge is 0.326 e. The van der Waals surface area contributed by atoms with Crippen LogP contribution in [0.2, 0.25) is 0 Å². The van der Waals surface area contributed by atoms with Crippen LogP contribution in [0, 0.1) is 11.8 Å². The summed E-state index contributed by atoms with van der Waals surface area (Å²) in [4.78, 5) is 51.5. The predicted molar refractivity (Wildman–Crippen MR) is 133 cm³/mol. The number of carbonyl (C=O) groups is 4. The molecule has 5 rings (SSSR count). The first-order valence-corrected chi connectivity index (χ1v) is 11.4. The van der Waals surface area contributed by atoms with E-state index in [1.54, 1.807) is 66.7 Å². The van der Waals surface area contributed by atoms with Crippen molar-refractivity contribution in [2.45, 2.75) is 13.3 Å². The number of nitrogens with one attached hydrogen (secondary N) is 3. The smallest absolute Gasteiger partial charge is 0.258 e. The van der Waals surface area contributed by atoms with E-state index in [9.17, 15) is 19.2 Å². The highest BCUT2D eigenvalue weighted by molar-refractivity contribution is 6.15. The van der Waals surface area contributed by atoms with E-state index in [0.29, 0.717) is 39.8 Å². The molecular formula is C27H24N4O4. The molecule has 3 aromatic carbocycles. The van der Waals surface area contributed by atoms with Gasteiger partial charge in [-0.1, -0.05) is 25.1 Å². The molecule has 1 aliphatic heterocycles. The van der Waals surface area contributed by atoms with Crippen LogP contribution in [0.25, 0.3) is 0 Å². The molecule has 0 bridgehead atoms. The minimum Gasteiger partial charge on any atom is -0.326 e. The van der Waals surface area contributed by atoms with E-state index >= 15 is 0 Å². The van der Waals surface area contributed by atoms with Crippen molar-refractivity contribution in [3.63, 3.8) is 0 Å². The van der Waals surface area contributed by atoms with E-state index < -0.39 is 0 Å². The molecule has 3 aromatic rings. The minimum absolute atomic E-state index is 0.0240. The lowest BCUT2D eigenvalue weighted by Crippen LogP contribution is -2.42. The van der Waals surface area contributed by atoms with Crippen molar-refractivity contribution in [3.8, 4) is 0 Å². The van der Waals surface area contributed by atoms with Gasteiger partial charge in [0.15, 0.2) is 0 Å². The monoisotopic (exact) mass is 468 g/mol. The van der Waals surface area contributed by atoms with Gasteiger partial charge in [0.2, 0.25) is 11.8 Å². The Morgan fingerprint density at radius 3 is 2.37 bits per heavy atom. The number of anilines is 4. The maximum Gasteiger partial charge on any atom is 0.258 e. The van der Waals surface area contributed by atoms with Gasteiger partial charge >= 0.3 is 0 Å². The topological polar surface area (TPSA) is 108 Å². The summed E-state index contributed by atoms with van der Waals surface area (Å²) >= 11 is 0. The Morgan fingerprint density at radius 1 is 0.886 bits per heavy atom. The second kappa shape index (κ2) is 9.06. The predicted octanol–water partition coefficient (Wildman–Crippen LogP) is 4.13. The number of fused-ring (bicyclic) bond motifs is 1. The van der Waals surface area contributed by atoms with E-state index in [-0.39, 0.29) is 36.1 Å². The number of rotatable bonds is 5. The van der Waals surface area contributed by atoms with Crippen molar-refractivity contribution >= 4 is 46.4 Å². The minimum atomic E-state index is -0.332. The van der Waals surface area contributed by atoms with Crippen LogP contribution < -0.4 is 20.9 Å². The standard InChI is InChI=1S/C27H24N4O4/c1-16-13-21(16)26(34)29-20-6-4-5-18(14-20)25(33)28-19-11-9-17(10-12-19)27(35)31-15-24(32)30-22-7-2-3-8-23(22)31/h2-12,14,16,21H,13,15H2,1H3,(H,28,33)(H,29,34)(H,30,32).